The van der Waals surface area contributed by atoms with E-state index in [4.69, 9.17) is 0 Å². The Labute approximate surface area is 214 Å². The second kappa shape index (κ2) is 8.86. The molecule has 4 heteroatoms. The topological polar surface area (TPSA) is 76.3 Å². The minimum absolute atomic E-state index is 0.462. The highest BCUT2D eigenvalue weighted by Crippen LogP contribution is 2.41. The van der Waals surface area contributed by atoms with Crippen LogP contribution in [0.2, 0.25) is 0 Å². The molecule has 0 aliphatic carbocycles. The minimum atomic E-state index is 0.462. The van der Waals surface area contributed by atoms with Gasteiger partial charge in [-0.3, -0.25) is 0 Å². The highest BCUT2D eigenvalue weighted by Gasteiger charge is 2.19. The molecule has 5 aromatic carbocycles. The Morgan fingerprint density at radius 1 is 0.514 bits per heavy atom. The van der Waals surface area contributed by atoms with Crippen molar-refractivity contribution in [2.24, 2.45) is 0 Å². The molecule has 0 aliphatic rings. The molecule has 0 N–H and O–H groups in total. The minimum Gasteiger partial charge on any atom is -0.309 e. The molecule has 37 heavy (non-hydrogen) atoms. The van der Waals surface area contributed by atoms with E-state index in [1.165, 1.54) is 0 Å². The van der Waals surface area contributed by atoms with E-state index >= 15 is 0 Å². The zero-order valence-electron chi connectivity index (χ0n) is 19.7. The molecule has 0 aliphatic heterocycles. The van der Waals surface area contributed by atoms with Crippen LogP contribution in [0.4, 0.5) is 0 Å². The number of rotatable bonds is 3. The van der Waals surface area contributed by atoms with Crippen LogP contribution in [0.15, 0.2) is 109 Å². The number of para-hydroxylation sites is 1. The smallest absolute Gasteiger partial charge is 0.0998 e. The first-order valence-electron chi connectivity index (χ1n) is 11.8. The third-order valence-corrected chi connectivity index (χ3v) is 6.74. The van der Waals surface area contributed by atoms with Gasteiger partial charge in [0, 0.05) is 27.6 Å². The maximum atomic E-state index is 9.80. The second-order valence-electron chi connectivity index (χ2n) is 8.71. The predicted molar refractivity (Wildman–Crippen MR) is 146 cm³/mol. The van der Waals surface area contributed by atoms with Crippen LogP contribution in [0.5, 0.6) is 0 Å². The summed E-state index contributed by atoms with van der Waals surface area (Å²) in [6.45, 7) is 0. The zero-order valence-corrected chi connectivity index (χ0v) is 19.7. The van der Waals surface area contributed by atoms with Crippen molar-refractivity contribution in [1.29, 1.82) is 15.8 Å². The van der Waals surface area contributed by atoms with Gasteiger partial charge in [-0.25, -0.2) is 0 Å². The van der Waals surface area contributed by atoms with Gasteiger partial charge in [0.2, 0.25) is 0 Å². The molecule has 0 saturated carbocycles. The van der Waals surface area contributed by atoms with Crippen LogP contribution in [-0.4, -0.2) is 4.57 Å². The van der Waals surface area contributed by atoms with Crippen LogP contribution in [0.1, 0.15) is 16.7 Å². The summed E-state index contributed by atoms with van der Waals surface area (Å²) in [7, 11) is 0. The van der Waals surface area contributed by atoms with Crippen LogP contribution in [0.3, 0.4) is 0 Å². The standard InChI is InChI=1S/C33H18N4/c34-19-23-8-4-5-13-27(23)28-14-7-15-30-33(28)29-17-16-22(32-24(20-35)9-6-10-25(32)21-36)18-31(29)37(30)26-11-2-1-3-12-26/h1-18H. The maximum Gasteiger partial charge on any atom is 0.0998 e. The Hall–Kier alpha value is -5.63. The zero-order chi connectivity index (χ0) is 25.4. The summed E-state index contributed by atoms with van der Waals surface area (Å²) in [5, 5.41) is 31.4. The Morgan fingerprint density at radius 3 is 1.86 bits per heavy atom. The molecule has 6 rings (SSSR count). The summed E-state index contributed by atoms with van der Waals surface area (Å²) in [5.41, 5.74) is 7.82. The van der Waals surface area contributed by atoms with Crippen LogP contribution >= 0.6 is 0 Å². The molecule has 6 aromatic rings. The molecule has 170 valence electrons. The number of nitriles is 3. The van der Waals surface area contributed by atoms with Gasteiger partial charge in [0.25, 0.3) is 0 Å². The van der Waals surface area contributed by atoms with Crippen molar-refractivity contribution in [3.8, 4) is 46.1 Å². The van der Waals surface area contributed by atoms with Crippen molar-refractivity contribution in [3.05, 3.63) is 126 Å². The monoisotopic (exact) mass is 470 g/mol. The fraction of sp³-hybridized carbons (Fsp3) is 0. The molecule has 0 spiro atoms. The van der Waals surface area contributed by atoms with Crippen LogP contribution in [0, 0.1) is 34.0 Å². The molecular weight excluding hydrogens is 452 g/mol. The average molecular weight is 471 g/mol. The van der Waals surface area contributed by atoms with Crippen molar-refractivity contribution in [2.75, 3.05) is 0 Å². The summed E-state index contributed by atoms with van der Waals surface area (Å²) in [6.07, 6.45) is 0. The number of nitrogens with zero attached hydrogens (tertiary/aromatic N) is 4. The van der Waals surface area contributed by atoms with Crippen LogP contribution in [-0.2, 0) is 0 Å². The van der Waals surface area contributed by atoms with Crippen molar-refractivity contribution >= 4 is 21.8 Å². The van der Waals surface area contributed by atoms with Gasteiger partial charge < -0.3 is 4.57 Å². The van der Waals surface area contributed by atoms with E-state index in [0.29, 0.717) is 22.3 Å². The average Bonchev–Trinajstić information content (AvgIpc) is 3.30. The lowest BCUT2D eigenvalue weighted by atomic mass is 9.93. The first-order chi connectivity index (χ1) is 18.2. The molecule has 0 bridgehead atoms. The number of fused-ring (bicyclic) bond motifs is 3. The Balaban J connectivity index is 1.76. The van der Waals surface area contributed by atoms with E-state index in [1.54, 1.807) is 18.2 Å². The molecule has 0 fully saturated rings. The van der Waals surface area contributed by atoms with E-state index in [-0.39, 0.29) is 0 Å². The van der Waals surface area contributed by atoms with E-state index in [9.17, 15) is 15.8 Å². The fourth-order valence-corrected chi connectivity index (χ4v) is 5.17. The van der Waals surface area contributed by atoms with E-state index in [2.05, 4.69) is 59.2 Å². The fourth-order valence-electron chi connectivity index (χ4n) is 5.17. The highest BCUT2D eigenvalue weighted by molar-refractivity contribution is 6.16. The molecule has 4 nitrogen and oxygen atoms in total. The van der Waals surface area contributed by atoms with Gasteiger partial charge in [-0.2, -0.15) is 15.8 Å². The predicted octanol–water partition coefficient (Wildman–Crippen LogP) is 7.73. The van der Waals surface area contributed by atoms with E-state index in [0.717, 1.165) is 44.2 Å². The quantitative estimate of drug-likeness (QED) is 0.265. The van der Waals surface area contributed by atoms with Gasteiger partial charge in [0.1, 0.15) is 0 Å². The molecule has 0 atom stereocenters. The molecule has 0 unspecified atom stereocenters. The normalized spacial score (nSPS) is 10.6. The highest BCUT2D eigenvalue weighted by atomic mass is 15.0. The summed E-state index contributed by atoms with van der Waals surface area (Å²) in [4.78, 5) is 0. The van der Waals surface area contributed by atoms with E-state index < -0.39 is 0 Å². The number of hydrogen-bond acceptors (Lipinski definition) is 3. The van der Waals surface area contributed by atoms with Crippen LogP contribution in [0.25, 0.3) is 49.7 Å². The summed E-state index contributed by atoms with van der Waals surface area (Å²) in [5.74, 6) is 0. The van der Waals surface area contributed by atoms with Gasteiger partial charge in [-0.05, 0) is 53.6 Å². The Morgan fingerprint density at radius 2 is 1.14 bits per heavy atom. The van der Waals surface area contributed by atoms with E-state index in [1.807, 2.05) is 54.6 Å². The summed E-state index contributed by atoms with van der Waals surface area (Å²) >= 11 is 0. The van der Waals surface area contributed by atoms with Crippen LogP contribution < -0.4 is 0 Å². The maximum absolute atomic E-state index is 9.80. The number of benzene rings is 5. The Bertz CT molecular complexity index is 1930. The molecule has 0 saturated heterocycles. The molecule has 0 amide bonds. The lowest BCUT2D eigenvalue weighted by Gasteiger charge is -2.10. The van der Waals surface area contributed by atoms with Crippen molar-refractivity contribution < 1.29 is 0 Å². The van der Waals surface area contributed by atoms with Gasteiger partial charge >= 0.3 is 0 Å². The van der Waals surface area contributed by atoms with Gasteiger partial charge in [0.15, 0.2) is 0 Å². The van der Waals surface area contributed by atoms with Crippen molar-refractivity contribution in [3.63, 3.8) is 0 Å². The third kappa shape index (κ3) is 3.43. The summed E-state index contributed by atoms with van der Waals surface area (Å²) in [6, 6.07) is 42.0. The first-order valence-corrected chi connectivity index (χ1v) is 11.8. The largest absolute Gasteiger partial charge is 0.309 e. The number of aromatic nitrogens is 1. The third-order valence-electron chi connectivity index (χ3n) is 6.74. The molecule has 1 heterocycles. The second-order valence-corrected chi connectivity index (χ2v) is 8.71. The Kier molecular flexibility index (Phi) is 5.24. The SMILES string of the molecule is N#Cc1ccccc1-c1cccc2c1c1ccc(-c3c(C#N)cccc3C#N)cc1n2-c1ccccc1. The lowest BCUT2D eigenvalue weighted by Crippen LogP contribution is -1.94. The van der Waals surface area contributed by atoms with Gasteiger partial charge in [0.05, 0.1) is 45.9 Å². The first kappa shape index (κ1) is 21.9. The lowest BCUT2D eigenvalue weighted by molar-refractivity contribution is 1.18. The van der Waals surface area contributed by atoms with Gasteiger partial charge in [-0.1, -0.05) is 66.7 Å². The summed E-state index contributed by atoms with van der Waals surface area (Å²) < 4.78 is 2.20. The van der Waals surface area contributed by atoms with Crippen molar-refractivity contribution in [2.45, 2.75) is 0 Å². The molecule has 0 radical (unpaired) electrons. The molecule has 1 aromatic heterocycles. The molecular formula is C33H18N4. The number of hydrogen-bond donors (Lipinski definition) is 0. The van der Waals surface area contributed by atoms with Crippen molar-refractivity contribution in [1.82, 2.24) is 4.57 Å². The van der Waals surface area contributed by atoms with Gasteiger partial charge in [-0.15, -0.1) is 0 Å².